The molecule has 3 N–H and O–H groups in total. The number of nitrogens with one attached hydrogen (secondary N) is 3. The lowest BCUT2D eigenvalue weighted by Crippen LogP contribution is -2.42. The number of imide groups is 1. The molecule has 0 atom stereocenters. The van der Waals surface area contributed by atoms with E-state index in [1.165, 1.54) is 19.4 Å². The summed E-state index contributed by atoms with van der Waals surface area (Å²) in [6, 6.07) is 13.5. The van der Waals surface area contributed by atoms with Gasteiger partial charge in [0, 0.05) is 17.6 Å². The number of urea groups is 1. The van der Waals surface area contributed by atoms with Crippen LogP contribution in [0.5, 0.6) is 5.75 Å². The Hall–Kier alpha value is -3.92. The molecule has 0 saturated heterocycles. The molecule has 3 rings (SSSR count). The van der Waals surface area contributed by atoms with E-state index in [1.54, 1.807) is 29.5 Å². The predicted molar refractivity (Wildman–Crippen MR) is 120 cm³/mol. The third kappa shape index (κ3) is 6.54. The molecule has 3 aromatic rings. The summed E-state index contributed by atoms with van der Waals surface area (Å²) in [6.45, 7) is -0.229. The van der Waals surface area contributed by atoms with Gasteiger partial charge in [0.2, 0.25) is 0 Å². The largest absolute Gasteiger partial charge is 0.495 e. The Morgan fingerprint density at radius 2 is 1.91 bits per heavy atom. The van der Waals surface area contributed by atoms with Crippen LogP contribution in [0.2, 0.25) is 0 Å². The molecule has 0 saturated carbocycles. The number of anilines is 2. The fourth-order valence-electron chi connectivity index (χ4n) is 2.71. The molecule has 32 heavy (non-hydrogen) atoms. The molecule has 1 aromatic carbocycles. The number of hydrogen-bond donors (Lipinski definition) is 3. The minimum Gasteiger partial charge on any atom is -0.495 e. The Morgan fingerprint density at radius 1 is 1.06 bits per heavy atom. The number of nitrogens with zero attached hydrogens (tertiary/aromatic N) is 1. The Kier molecular flexibility index (Phi) is 8.15. The second-order valence-corrected chi connectivity index (χ2v) is 7.47. The fraction of sp³-hybridized carbons (Fsp3) is 0.182. The first-order valence-corrected chi connectivity index (χ1v) is 10.6. The number of esters is 1. The maximum absolute atomic E-state index is 12.5. The third-order valence-corrected chi connectivity index (χ3v) is 5.15. The zero-order valence-corrected chi connectivity index (χ0v) is 18.1. The van der Waals surface area contributed by atoms with E-state index < -0.39 is 24.5 Å². The predicted octanol–water partition coefficient (Wildman–Crippen LogP) is 3.12. The summed E-state index contributed by atoms with van der Waals surface area (Å²) in [6.07, 6.45) is 2.18. The average molecular weight is 455 g/mol. The van der Waals surface area contributed by atoms with Gasteiger partial charge in [-0.3, -0.25) is 10.1 Å². The minimum atomic E-state index is -0.760. The van der Waals surface area contributed by atoms with Crippen LogP contribution in [0.3, 0.4) is 0 Å². The zero-order chi connectivity index (χ0) is 22.8. The van der Waals surface area contributed by atoms with Crippen LogP contribution >= 0.6 is 11.3 Å². The maximum atomic E-state index is 12.5. The lowest BCUT2D eigenvalue weighted by Gasteiger charge is -2.13. The average Bonchev–Trinajstić information content (AvgIpc) is 3.32. The number of thiophene rings is 1. The molecule has 0 radical (unpaired) electrons. The van der Waals surface area contributed by atoms with Gasteiger partial charge in [0.15, 0.2) is 6.61 Å². The highest BCUT2D eigenvalue weighted by Crippen LogP contribution is 2.27. The molecule has 0 unspecified atom stereocenters. The number of rotatable bonds is 9. The van der Waals surface area contributed by atoms with E-state index >= 15 is 0 Å². The van der Waals surface area contributed by atoms with Crippen LogP contribution in [0.25, 0.3) is 0 Å². The van der Waals surface area contributed by atoms with E-state index in [-0.39, 0.29) is 11.4 Å². The monoisotopic (exact) mass is 454 g/mol. The van der Waals surface area contributed by atoms with Gasteiger partial charge in [0.1, 0.15) is 17.1 Å². The molecular formula is C22H22N4O5S. The lowest BCUT2D eigenvalue weighted by molar-refractivity contribution is -0.123. The first-order valence-electron chi connectivity index (χ1n) is 9.69. The highest BCUT2D eigenvalue weighted by molar-refractivity contribution is 7.09. The van der Waals surface area contributed by atoms with Gasteiger partial charge in [-0.05, 0) is 42.1 Å². The number of para-hydroxylation sites is 2. The molecule has 0 bridgehead atoms. The fourth-order valence-corrected chi connectivity index (χ4v) is 3.42. The Morgan fingerprint density at radius 3 is 2.69 bits per heavy atom. The number of aromatic nitrogens is 1. The van der Waals surface area contributed by atoms with Crippen molar-refractivity contribution in [2.45, 2.75) is 6.42 Å². The molecule has 10 heteroatoms. The summed E-state index contributed by atoms with van der Waals surface area (Å²) < 4.78 is 10.3. The number of carbonyl (C=O) groups is 3. The van der Waals surface area contributed by atoms with Crippen LogP contribution in [0, 0.1) is 0 Å². The minimum absolute atomic E-state index is 0.131. The van der Waals surface area contributed by atoms with Crippen LogP contribution in [0.4, 0.5) is 16.3 Å². The molecule has 0 aliphatic carbocycles. The smallest absolute Gasteiger partial charge is 0.342 e. The van der Waals surface area contributed by atoms with Crippen molar-refractivity contribution in [2.75, 3.05) is 25.6 Å². The summed E-state index contributed by atoms with van der Waals surface area (Å²) in [5.41, 5.74) is 0.742. The Bertz CT molecular complexity index is 1070. The number of amides is 3. The number of ether oxygens (including phenoxy) is 2. The van der Waals surface area contributed by atoms with E-state index in [0.29, 0.717) is 24.4 Å². The summed E-state index contributed by atoms with van der Waals surface area (Å²) in [5.74, 6) is -0.686. The van der Waals surface area contributed by atoms with Gasteiger partial charge in [-0.2, -0.15) is 0 Å². The van der Waals surface area contributed by atoms with E-state index in [9.17, 15) is 14.4 Å². The van der Waals surface area contributed by atoms with Gasteiger partial charge in [0.05, 0.1) is 12.8 Å². The summed E-state index contributed by atoms with van der Waals surface area (Å²) in [4.78, 5) is 41.5. The third-order valence-electron chi connectivity index (χ3n) is 4.21. The van der Waals surface area contributed by atoms with Crippen LogP contribution < -0.4 is 20.7 Å². The van der Waals surface area contributed by atoms with Crippen molar-refractivity contribution >= 4 is 40.7 Å². The number of methoxy groups -OCH3 is 1. The topological polar surface area (TPSA) is 119 Å². The van der Waals surface area contributed by atoms with E-state index in [4.69, 9.17) is 9.47 Å². The number of carbonyl (C=O) groups excluding carboxylic acids is 3. The van der Waals surface area contributed by atoms with Gasteiger partial charge < -0.3 is 20.1 Å². The summed E-state index contributed by atoms with van der Waals surface area (Å²) >= 11 is 1.59. The molecule has 2 heterocycles. The number of hydrogen-bond acceptors (Lipinski definition) is 8. The molecule has 0 spiro atoms. The van der Waals surface area contributed by atoms with Gasteiger partial charge in [-0.15, -0.1) is 11.3 Å². The molecule has 166 valence electrons. The zero-order valence-electron chi connectivity index (χ0n) is 17.3. The second kappa shape index (κ2) is 11.5. The highest BCUT2D eigenvalue weighted by Gasteiger charge is 2.17. The van der Waals surface area contributed by atoms with Gasteiger partial charge in [-0.1, -0.05) is 18.2 Å². The Labute approximate surface area is 188 Å². The normalized spacial score (nSPS) is 10.2. The summed E-state index contributed by atoms with van der Waals surface area (Å²) in [7, 11) is 1.53. The van der Waals surface area contributed by atoms with Crippen LogP contribution in [0.1, 0.15) is 15.2 Å². The van der Waals surface area contributed by atoms with Crippen LogP contribution in [-0.4, -0.2) is 43.2 Å². The molecule has 2 aromatic heterocycles. The van der Waals surface area contributed by atoms with Crippen molar-refractivity contribution in [2.24, 2.45) is 0 Å². The highest BCUT2D eigenvalue weighted by atomic mass is 32.1. The molecule has 9 nitrogen and oxygen atoms in total. The number of pyridine rings is 1. The van der Waals surface area contributed by atoms with Gasteiger partial charge >= 0.3 is 12.0 Å². The van der Waals surface area contributed by atoms with Gasteiger partial charge in [0.25, 0.3) is 5.91 Å². The van der Waals surface area contributed by atoms with Crippen LogP contribution in [0.15, 0.2) is 60.1 Å². The van der Waals surface area contributed by atoms with Crippen molar-refractivity contribution in [3.8, 4) is 5.75 Å². The lowest BCUT2D eigenvalue weighted by atomic mass is 10.2. The maximum Gasteiger partial charge on any atom is 0.342 e. The molecule has 0 aliphatic heterocycles. The van der Waals surface area contributed by atoms with E-state index in [1.807, 2.05) is 29.6 Å². The standard InChI is InChI=1S/C22H22N4O5S/c1-30-18-9-3-2-8-17(18)25-20-16(7-4-11-23-20)21(28)31-14-19(27)26-22(29)24-12-10-15-6-5-13-32-15/h2-9,11,13H,10,12,14H2,1H3,(H,23,25)(H2,24,26,27,29). The van der Waals surface area contributed by atoms with Crippen molar-refractivity contribution in [3.05, 3.63) is 70.5 Å². The molecule has 0 aliphatic rings. The molecule has 3 amide bonds. The van der Waals surface area contributed by atoms with E-state index in [0.717, 1.165) is 4.88 Å². The first kappa shape index (κ1) is 22.8. The van der Waals surface area contributed by atoms with Crippen molar-refractivity contribution < 1.29 is 23.9 Å². The summed E-state index contributed by atoms with van der Waals surface area (Å²) in [5, 5.41) is 9.69. The second-order valence-electron chi connectivity index (χ2n) is 6.43. The quantitative estimate of drug-likeness (QED) is 0.425. The van der Waals surface area contributed by atoms with Gasteiger partial charge in [-0.25, -0.2) is 14.6 Å². The van der Waals surface area contributed by atoms with Crippen LogP contribution in [-0.2, 0) is 16.0 Å². The van der Waals surface area contributed by atoms with Crippen molar-refractivity contribution in [1.82, 2.24) is 15.6 Å². The first-order chi connectivity index (χ1) is 15.6. The molecular weight excluding hydrogens is 432 g/mol. The molecule has 0 fully saturated rings. The Balaban J connectivity index is 1.50. The van der Waals surface area contributed by atoms with Crippen molar-refractivity contribution in [3.63, 3.8) is 0 Å². The SMILES string of the molecule is COc1ccccc1Nc1ncccc1C(=O)OCC(=O)NC(=O)NCCc1cccs1. The number of benzene rings is 1. The van der Waals surface area contributed by atoms with Crippen molar-refractivity contribution in [1.29, 1.82) is 0 Å². The van der Waals surface area contributed by atoms with E-state index in [2.05, 4.69) is 20.9 Å².